The van der Waals surface area contributed by atoms with Crippen LogP contribution < -0.4 is 15.0 Å². The maximum atomic E-state index is 13.7. The van der Waals surface area contributed by atoms with Gasteiger partial charge in [-0.2, -0.15) is 0 Å². The van der Waals surface area contributed by atoms with Crippen molar-refractivity contribution in [1.82, 2.24) is 0 Å². The average Bonchev–Trinajstić information content (AvgIpc) is 3.24. The van der Waals surface area contributed by atoms with Crippen molar-refractivity contribution >= 4 is 86.7 Å². The zero-order chi connectivity index (χ0) is 28.1. The van der Waals surface area contributed by atoms with E-state index in [4.69, 9.17) is 44.5 Å². The standard InChI is InChI=1S/C30H20Cl3N3O3S/c31-20-6-11-24(12-7-20)35-30-36(25-13-8-21(32)9-14-25)29(38)27(40-30)17-19-16-22(33)10-15-26(19)39-18-28(37)34-23-4-2-1-3-5-23/h1-17H,18H2,(H,34,37)/b27-17-,35-30?. The molecular formula is C30H20Cl3N3O3S. The highest BCUT2D eigenvalue weighted by molar-refractivity contribution is 8.19. The maximum absolute atomic E-state index is 13.7. The van der Waals surface area contributed by atoms with Gasteiger partial charge >= 0.3 is 0 Å². The van der Waals surface area contributed by atoms with Crippen LogP contribution in [0.3, 0.4) is 0 Å². The first kappa shape index (κ1) is 27.8. The number of amides is 2. The van der Waals surface area contributed by atoms with Gasteiger partial charge in [0.1, 0.15) is 5.75 Å². The van der Waals surface area contributed by atoms with Crippen LogP contribution in [0.1, 0.15) is 5.56 Å². The highest BCUT2D eigenvalue weighted by Crippen LogP contribution is 2.39. The Morgan fingerprint density at radius 3 is 2.23 bits per heavy atom. The van der Waals surface area contributed by atoms with E-state index >= 15 is 0 Å². The number of thioether (sulfide) groups is 1. The van der Waals surface area contributed by atoms with Crippen molar-refractivity contribution in [2.75, 3.05) is 16.8 Å². The molecule has 0 radical (unpaired) electrons. The van der Waals surface area contributed by atoms with E-state index < -0.39 is 0 Å². The summed E-state index contributed by atoms with van der Waals surface area (Å²) >= 11 is 19.6. The largest absolute Gasteiger partial charge is 0.483 e. The third-order valence-electron chi connectivity index (χ3n) is 5.62. The van der Waals surface area contributed by atoms with Gasteiger partial charge < -0.3 is 10.1 Å². The molecule has 0 unspecified atom stereocenters. The molecular weight excluding hydrogens is 589 g/mol. The predicted octanol–water partition coefficient (Wildman–Crippen LogP) is 8.47. The van der Waals surface area contributed by atoms with Gasteiger partial charge in [0.05, 0.1) is 16.3 Å². The van der Waals surface area contributed by atoms with Crippen molar-refractivity contribution in [3.63, 3.8) is 0 Å². The van der Waals surface area contributed by atoms with Gasteiger partial charge in [0.25, 0.3) is 11.8 Å². The van der Waals surface area contributed by atoms with Crippen LogP contribution in [-0.2, 0) is 9.59 Å². The Labute approximate surface area is 250 Å². The summed E-state index contributed by atoms with van der Waals surface area (Å²) in [5.74, 6) is -0.209. The highest BCUT2D eigenvalue weighted by atomic mass is 35.5. The minimum absolute atomic E-state index is 0.228. The summed E-state index contributed by atoms with van der Waals surface area (Å²) in [6.45, 7) is -0.228. The number of carbonyl (C=O) groups excluding carboxylic acids is 2. The third-order valence-corrected chi connectivity index (χ3v) is 7.33. The molecule has 1 N–H and O–H groups in total. The van der Waals surface area contributed by atoms with Crippen molar-refractivity contribution < 1.29 is 14.3 Å². The van der Waals surface area contributed by atoms with Gasteiger partial charge in [-0.05, 0) is 96.7 Å². The number of para-hydroxylation sites is 1. The van der Waals surface area contributed by atoms with E-state index in [9.17, 15) is 9.59 Å². The Bertz CT molecular complexity index is 1610. The van der Waals surface area contributed by atoms with Crippen molar-refractivity contribution in [1.29, 1.82) is 0 Å². The number of halogens is 3. The number of amidine groups is 1. The van der Waals surface area contributed by atoms with Gasteiger partial charge in [-0.1, -0.05) is 53.0 Å². The van der Waals surface area contributed by atoms with E-state index in [0.29, 0.717) is 53.5 Å². The van der Waals surface area contributed by atoms with E-state index in [2.05, 4.69) is 5.32 Å². The fourth-order valence-electron chi connectivity index (χ4n) is 3.76. The molecule has 2 amide bonds. The summed E-state index contributed by atoms with van der Waals surface area (Å²) in [5.41, 5.74) is 2.45. The minimum Gasteiger partial charge on any atom is -0.483 e. The molecule has 0 atom stereocenters. The number of aliphatic imine (C=N–C) groups is 1. The van der Waals surface area contributed by atoms with Crippen LogP contribution in [0.25, 0.3) is 6.08 Å². The molecule has 1 aliphatic heterocycles. The second-order valence-corrected chi connectivity index (χ2v) is 10.8. The quantitative estimate of drug-likeness (QED) is 0.214. The zero-order valence-electron chi connectivity index (χ0n) is 20.7. The van der Waals surface area contributed by atoms with E-state index in [1.54, 1.807) is 84.9 Å². The molecule has 1 fully saturated rings. The average molecular weight is 609 g/mol. The van der Waals surface area contributed by atoms with E-state index in [-0.39, 0.29) is 18.4 Å². The lowest BCUT2D eigenvalue weighted by Gasteiger charge is -2.15. The van der Waals surface area contributed by atoms with Crippen LogP contribution in [0.5, 0.6) is 5.75 Å². The molecule has 10 heteroatoms. The number of nitrogens with one attached hydrogen (secondary N) is 1. The highest BCUT2D eigenvalue weighted by Gasteiger charge is 2.35. The van der Waals surface area contributed by atoms with Crippen molar-refractivity contribution in [3.05, 3.63) is 123 Å². The summed E-state index contributed by atoms with van der Waals surface area (Å²) < 4.78 is 5.82. The molecule has 0 aliphatic carbocycles. The fourth-order valence-corrected chi connectivity index (χ4v) is 5.18. The lowest BCUT2D eigenvalue weighted by molar-refractivity contribution is -0.118. The smallest absolute Gasteiger partial charge is 0.271 e. The lowest BCUT2D eigenvalue weighted by Crippen LogP contribution is -2.28. The zero-order valence-corrected chi connectivity index (χ0v) is 23.8. The first-order valence-electron chi connectivity index (χ1n) is 12.0. The number of rotatable bonds is 7. The Kier molecular flexibility index (Phi) is 8.77. The second kappa shape index (κ2) is 12.6. The van der Waals surface area contributed by atoms with Crippen molar-refractivity contribution in [3.8, 4) is 5.75 Å². The molecule has 1 aliphatic rings. The molecule has 0 saturated carbocycles. The Hall–Kier alpha value is -3.75. The topological polar surface area (TPSA) is 71.0 Å². The van der Waals surface area contributed by atoms with Crippen LogP contribution in [0.2, 0.25) is 15.1 Å². The minimum atomic E-state index is -0.322. The molecule has 6 nitrogen and oxygen atoms in total. The van der Waals surface area contributed by atoms with Gasteiger partial charge in [0.2, 0.25) is 0 Å². The van der Waals surface area contributed by atoms with Crippen LogP contribution >= 0.6 is 46.6 Å². The van der Waals surface area contributed by atoms with Gasteiger partial charge in [-0.15, -0.1) is 0 Å². The third kappa shape index (κ3) is 6.87. The number of anilines is 2. The molecule has 0 spiro atoms. The first-order chi connectivity index (χ1) is 19.4. The lowest BCUT2D eigenvalue weighted by atomic mass is 10.1. The first-order valence-corrected chi connectivity index (χ1v) is 13.9. The van der Waals surface area contributed by atoms with Crippen LogP contribution in [-0.4, -0.2) is 23.6 Å². The second-order valence-electron chi connectivity index (χ2n) is 8.48. The number of hydrogen-bond acceptors (Lipinski definition) is 5. The molecule has 1 heterocycles. The summed E-state index contributed by atoms with van der Waals surface area (Å²) in [7, 11) is 0. The molecule has 4 aromatic carbocycles. The SMILES string of the molecule is O=C(COc1ccc(Cl)cc1/C=C1\SC(=Nc2ccc(Cl)cc2)N(c2ccc(Cl)cc2)C1=O)Nc1ccccc1. The summed E-state index contributed by atoms with van der Waals surface area (Å²) in [6, 6.07) is 28.0. The molecule has 4 aromatic rings. The number of carbonyl (C=O) groups is 2. The normalized spacial score (nSPS) is 15.1. The summed E-state index contributed by atoms with van der Waals surface area (Å²) in [5, 5.41) is 4.81. The monoisotopic (exact) mass is 607 g/mol. The van der Waals surface area contributed by atoms with Crippen LogP contribution in [0, 0.1) is 0 Å². The number of nitrogens with zero attached hydrogens (tertiary/aromatic N) is 2. The van der Waals surface area contributed by atoms with E-state index in [0.717, 1.165) is 0 Å². The molecule has 0 bridgehead atoms. The number of hydrogen-bond donors (Lipinski definition) is 1. The Balaban J connectivity index is 1.44. The molecule has 1 saturated heterocycles. The summed E-state index contributed by atoms with van der Waals surface area (Å²) in [6.07, 6.45) is 1.68. The van der Waals surface area contributed by atoms with E-state index in [1.165, 1.54) is 16.7 Å². The fraction of sp³-hybridized carbons (Fsp3) is 0.0333. The number of benzene rings is 4. The molecule has 40 heavy (non-hydrogen) atoms. The van der Waals surface area contributed by atoms with Gasteiger partial charge in [0, 0.05) is 26.3 Å². The van der Waals surface area contributed by atoms with Gasteiger partial charge in [0.15, 0.2) is 11.8 Å². The molecule has 5 rings (SSSR count). The summed E-state index contributed by atoms with van der Waals surface area (Å²) in [4.78, 5) is 32.7. The van der Waals surface area contributed by atoms with Crippen LogP contribution in [0.15, 0.2) is 107 Å². The molecule has 200 valence electrons. The van der Waals surface area contributed by atoms with Crippen LogP contribution in [0.4, 0.5) is 17.1 Å². The Morgan fingerprint density at radius 1 is 0.875 bits per heavy atom. The molecule has 0 aromatic heterocycles. The predicted molar refractivity (Wildman–Crippen MR) is 165 cm³/mol. The maximum Gasteiger partial charge on any atom is 0.271 e. The van der Waals surface area contributed by atoms with Gasteiger partial charge in [-0.25, -0.2) is 4.99 Å². The van der Waals surface area contributed by atoms with Crippen molar-refractivity contribution in [2.24, 2.45) is 4.99 Å². The van der Waals surface area contributed by atoms with E-state index in [1.807, 2.05) is 18.2 Å². The Morgan fingerprint density at radius 2 is 1.52 bits per heavy atom. The van der Waals surface area contributed by atoms with Crippen molar-refractivity contribution in [2.45, 2.75) is 0 Å². The van der Waals surface area contributed by atoms with Gasteiger partial charge in [-0.3, -0.25) is 14.5 Å². The number of ether oxygens (including phenoxy) is 1.